The molecule has 2 aromatic carbocycles. The van der Waals surface area contributed by atoms with E-state index in [2.05, 4.69) is 89.5 Å². The molecule has 3 heteroatoms. The fourth-order valence-corrected chi connectivity index (χ4v) is 4.34. The van der Waals surface area contributed by atoms with Crippen LogP contribution in [0.2, 0.25) is 0 Å². The predicted molar refractivity (Wildman–Crippen MR) is 104 cm³/mol. The fourth-order valence-electron chi connectivity index (χ4n) is 4.34. The second-order valence-electron chi connectivity index (χ2n) is 7.73. The van der Waals surface area contributed by atoms with E-state index >= 15 is 0 Å². The zero-order chi connectivity index (χ0) is 17.2. The third-order valence-corrected chi connectivity index (χ3v) is 5.93. The van der Waals surface area contributed by atoms with Crippen molar-refractivity contribution in [3.05, 3.63) is 71.8 Å². The van der Waals surface area contributed by atoms with Crippen LogP contribution in [0.4, 0.5) is 0 Å². The molecule has 1 atom stereocenters. The van der Waals surface area contributed by atoms with Gasteiger partial charge in [0.15, 0.2) is 0 Å². The zero-order valence-corrected chi connectivity index (χ0v) is 15.4. The average molecular weight is 335 g/mol. The summed E-state index contributed by atoms with van der Waals surface area (Å²) in [5, 5.41) is 0. The molecule has 3 nitrogen and oxygen atoms in total. The quantitative estimate of drug-likeness (QED) is 0.831. The molecule has 0 N–H and O–H groups in total. The van der Waals surface area contributed by atoms with Crippen LogP contribution in [0.1, 0.15) is 23.6 Å². The molecule has 0 aromatic heterocycles. The van der Waals surface area contributed by atoms with E-state index in [4.69, 9.17) is 0 Å². The highest BCUT2D eigenvalue weighted by atomic mass is 15.3. The lowest BCUT2D eigenvalue weighted by Crippen LogP contribution is -2.60. The summed E-state index contributed by atoms with van der Waals surface area (Å²) in [7, 11) is 4.42. The number of likely N-dealkylation sites (tertiary alicyclic amines) is 2. The van der Waals surface area contributed by atoms with Gasteiger partial charge in [0.1, 0.15) is 0 Å². The Morgan fingerprint density at radius 2 is 1.40 bits per heavy atom. The van der Waals surface area contributed by atoms with Crippen molar-refractivity contribution >= 4 is 0 Å². The first kappa shape index (κ1) is 16.8. The molecule has 2 aliphatic rings. The Morgan fingerprint density at radius 3 is 1.88 bits per heavy atom. The van der Waals surface area contributed by atoms with E-state index in [-0.39, 0.29) is 0 Å². The first-order valence-electron chi connectivity index (χ1n) is 9.47. The lowest BCUT2D eigenvalue weighted by molar-refractivity contribution is 0.0234. The van der Waals surface area contributed by atoms with Crippen molar-refractivity contribution in [3.63, 3.8) is 0 Å². The van der Waals surface area contributed by atoms with E-state index in [1.807, 2.05) is 0 Å². The maximum Gasteiger partial charge on any atom is 0.0602 e. The largest absolute Gasteiger partial charge is 0.305 e. The van der Waals surface area contributed by atoms with E-state index in [9.17, 15) is 0 Å². The summed E-state index contributed by atoms with van der Waals surface area (Å²) in [5.41, 5.74) is 2.81. The molecule has 2 fully saturated rings. The minimum atomic E-state index is 0.380. The second-order valence-corrected chi connectivity index (χ2v) is 7.73. The molecule has 0 saturated carbocycles. The number of hydrogen-bond acceptors (Lipinski definition) is 3. The van der Waals surface area contributed by atoms with Gasteiger partial charge in [0.25, 0.3) is 0 Å². The van der Waals surface area contributed by atoms with Crippen molar-refractivity contribution < 1.29 is 0 Å². The predicted octanol–water partition coefficient (Wildman–Crippen LogP) is 3.10. The van der Waals surface area contributed by atoms with Crippen molar-refractivity contribution in [1.82, 2.24) is 14.7 Å². The summed E-state index contributed by atoms with van der Waals surface area (Å²) in [6.45, 7) is 4.83. The summed E-state index contributed by atoms with van der Waals surface area (Å²) in [6, 6.07) is 23.7. The molecule has 2 aliphatic heterocycles. The Kier molecular flexibility index (Phi) is 4.89. The minimum Gasteiger partial charge on any atom is -0.305 e. The topological polar surface area (TPSA) is 9.72 Å². The average Bonchev–Trinajstić information content (AvgIpc) is 3.09. The van der Waals surface area contributed by atoms with Gasteiger partial charge in [-0.25, -0.2) is 0 Å². The fraction of sp³-hybridized carbons (Fsp3) is 0.455. The van der Waals surface area contributed by atoms with E-state index in [1.54, 1.807) is 0 Å². The summed E-state index contributed by atoms with van der Waals surface area (Å²) in [5.74, 6) is 0. The standard InChI is InChI=1S/C22H29N3/c1-23(2)20-13-14-24(15-20)21-16-25(17-21)22(18-9-5-3-6-10-18)19-11-7-4-8-12-19/h3-12,20-22H,13-17H2,1-2H3/t20-/m1/s1. The maximum atomic E-state index is 2.70. The Bertz CT molecular complexity index is 625. The van der Waals surface area contributed by atoms with Gasteiger partial charge in [0.05, 0.1) is 6.04 Å². The minimum absolute atomic E-state index is 0.380. The van der Waals surface area contributed by atoms with E-state index in [0.717, 1.165) is 12.1 Å². The lowest BCUT2D eigenvalue weighted by atomic mass is 9.93. The molecular formula is C22H29N3. The smallest absolute Gasteiger partial charge is 0.0602 e. The van der Waals surface area contributed by atoms with Gasteiger partial charge < -0.3 is 4.90 Å². The Morgan fingerprint density at radius 1 is 0.840 bits per heavy atom. The number of hydrogen-bond donors (Lipinski definition) is 0. The SMILES string of the molecule is CN(C)[C@@H]1CCN(C2CN(C(c3ccccc3)c3ccccc3)C2)C1. The van der Waals surface area contributed by atoms with Gasteiger partial charge >= 0.3 is 0 Å². The van der Waals surface area contributed by atoms with Crippen LogP contribution in [0.15, 0.2) is 60.7 Å². The van der Waals surface area contributed by atoms with Crippen LogP contribution in [0.25, 0.3) is 0 Å². The molecule has 2 saturated heterocycles. The first-order chi connectivity index (χ1) is 12.2. The van der Waals surface area contributed by atoms with Crippen LogP contribution >= 0.6 is 0 Å². The molecule has 2 aromatic rings. The van der Waals surface area contributed by atoms with Gasteiger partial charge in [-0.05, 0) is 31.6 Å². The molecule has 0 spiro atoms. The molecule has 0 amide bonds. The Hall–Kier alpha value is -1.68. The summed E-state index contributed by atoms with van der Waals surface area (Å²) in [4.78, 5) is 7.72. The van der Waals surface area contributed by atoms with Crippen molar-refractivity contribution in [3.8, 4) is 0 Å². The van der Waals surface area contributed by atoms with E-state index in [1.165, 1.54) is 43.7 Å². The van der Waals surface area contributed by atoms with Gasteiger partial charge in [0, 0.05) is 38.3 Å². The highest BCUT2D eigenvalue weighted by Gasteiger charge is 2.39. The van der Waals surface area contributed by atoms with Crippen LogP contribution in [0.3, 0.4) is 0 Å². The molecule has 132 valence electrons. The molecule has 25 heavy (non-hydrogen) atoms. The number of benzene rings is 2. The Labute approximate surface area is 151 Å². The van der Waals surface area contributed by atoms with E-state index in [0.29, 0.717) is 6.04 Å². The molecule has 0 unspecified atom stereocenters. The molecular weight excluding hydrogens is 306 g/mol. The van der Waals surface area contributed by atoms with Crippen molar-refractivity contribution in [1.29, 1.82) is 0 Å². The number of rotatable bonds is 5. The van der Waals surface area contributed by atoms with Crippen LogP contribution < -0.4 is 0 Å². The monoisotopic (exact) mass is 335 g/mol. The number of likely N-dealkylation sites (N-methyl/N-ethyl adjacent to an activating group) is 1. The summed E-state index contributed by atoms with van der Waals surface area (Å²) >= 11 is 0. The summed E-state index contributed by atoms with van der Waals surface area (Å²) in [6.07, 6.45) is 1.31. The summed E-state index contributed by atoms with van der Waals surface area (Å²) < 4.78 is 0. The van der Waals surface area contributed by atoms with Crippen molar-refractivity contribution in [2.75, 3.05) is 40.3 Å². The highest BCUT2D eigenvalue weighted by molar-refractivity contribution is 5.32. The van der Waals surface area contributed by atoms with E-state index < -0.39 is 0 Å². The molecule has 2 heterocycles. The van der Waals surface area contributed by atoms with Gasteiger partial charge in [0.2, 0.25) is 0 Å². The van der Waals surface area contributed by atoms with Gasteiger partial charge in [-0.1, -0.05) is 60.7 Å². The highest BCUT2D eigenvalue weighted by Crippen LogP contribution is 2.34. The van der Waals surface area contributed by atoms with Crippen LogP contribution in [0.5, 0.6) is 0 Å². The number of nitrogens with zero attached hydrogens (tertiary/aromatic N) is 3. The second kappa shape index (κ2) is 7.28. The molecule has 0 radical (unpaired) electrons. The van der Waals surface area contributed by atoms with Crippen LogP contribution in [0, 0.1) is 0 Å². The van der Waals surface area contributed by atoms with Crippen molar-refractivity contribution in [2.45, 2.75) is 24.5 Å². The third-order valence-electron chi connectivity index (χ3n) is 5.93. The maximum absolute atomic E-state index is 2.70. The lowest BCUT2D eigenvalue weighted by Gasteiger charge is -2.48. The normalized spacial score (nSPS) is 22.6. The molecule has 0 aliphatic carbocycles. The van der Waals surface area contributed by atoms with Gasteiger partial charge in [-0.15, -0.1) is 0 Å². The van der Waals surface area contributed by atoms with Gasteiger partial charge in [-0.3, -0.25) is 9.80 Å². The zero-order valence-electron chi connectivity index (χ0n) is 15.4. The van der Waals surface area contributed by atoms with Crippen LogP contribution in [-0.2, 0) is 0 Å². The van der Waals surface area contributed by atoms with Crippen LogP contribution in [-0.4, -0.2) is 67.1 Å². The van der Waals surface area contributed by atoms with Gasteiger partial charge in [-0.2, -0.15) is 0 Å². The molecule has 0 bridgehead atoms. The van der Waals surface area contributed by atoms with Crippen molar-refractivity contribution in [2.24, 2.45) is 0 Å². The third kappa shape index (κ3) is 3.50. The molecule has 4 rings (SSSR count). The Balaban J connectivity index is 1.46. The first-order valence-corrected chi connectivity index (χ1v) is 9.47.